The van der Waals surface area contributed by atoms with Crippen LogP contribution in [-0.2, 0) is 4.74 Å². The Morgan fingerprint density at radius 1 is 1.35 bits per heavy atom. The molecule has 110 valence electrons. The van der Waals surface area contributed by atoms with Gasteiger partial charge in [0.1, 0.15) is 0 Å². The van der Waals surface area contributed by atoms with Gasteiger partial charge in [0.15, 0.2) is 0 Å². The van der Waals surface area contributed by atoms with E-state index in [4.69, 9.17) is 4.74 Å². The highest BCUT2D eigenvalue weighted by Gasteiger charge is 2.29. The molecule has 1 N–H and O–H groups in total. The highest BCUT2D eigenvalue weighted by Crippen LogP contribution is 2.21. The number of para-hydroxylation sites is 1. The second-order valence-electron chi connectivity index (χ2n) is 5.80. The number of morpholine rings is 1. The number of ether oxygens (including phenoxy) is 1. The first-order valence-corrected chi connectivity index (χ1v) is 7.27. The zero-order valence-corrected chi connectivity index (χ0v) is 12.7. The SMILES string of the molecule is CC(C)Nc1ccccc1C(=O)N1CC(C)OCC1C. The van der Waals surface area contributed by atoms with Crippen molar-refractivity contribution >= 4 is 11.6 Å². The van der Waals surface area contributed by atoms with Crippen LogP contribution in [0.2, 0.25) is 0 Å². The van der Waals surface area contributed by atoms with Gasteiger partial charge in [-0.15, -0.1) is 0 Å². The minimum Gasteiger partial charge on any atom is -0.382 e. The normalized spacial score (nSPS) is 22.9. The van der Waals surface area contributed by atoms with Crippen molar-refractivity contribution in [2.24, 2.45) is 0 Å². The van der Waals surface area contributed by atoms with E-state index in [1.807, 2.05) is 43.0 Å². The predicted octanol–water partition coefficient (Wildman–Crippen LogP) is 2.76. The summed E-state index contributed by atoms with van der Waals surface area (Å²) >= 11 is 0. The number of amides is 1. The molecule has 1 aliphatic rings. The van der Waals surface area contributed by atoms with Gasteiger partial charge in [0.25, 0.3) is 5.91 Å². The van der Waals surface area contributed by atoms with Crippen molar-refractivity contribution in [1.29, 1.82) is 0 Å². The summed E-state index contributed by atoms with van der Waals surface area (Å²) in [6, 6.07) is 8.12. The molecule has 0 radical (unpaired) electrons. The van der Waals surface area contributed by atoms with E-state index in [1.165, 1.54) is 0 Å². The smallest absolute Gasteiger partial charge is 0.256 e. The highest BCUT2D eigenvalue weighted by molar-refractivity contribution is 5.99. The van der Waals surface area contributed by atoms with Gasteiger partial charge < -0.3 is 15.0 Å². The molecule has 0 aromatic heterocycles. The summed E-state index contributed by atoms with van der Waals surface area (Å²) < 4.78 is 5.59. The summed E-state index contributed by atoms with van der Waals surface area (Å²) in [7, 11) is 0. The zero-order chi connectivity index (χ0) is 14.7. The van der Waals surface area contributed by atoms with Crippen LogP contribution >= 0.6 is 0 Å². The summed E-state index contributed by atoms with van der Waals surface area (Å²) in [6.45, 7) is 9.43. The fourth-order valence-electron chi connectivity index (χ4n) is 2.45. The van der Waals surface area contributed by atoms with E-state index in [9.17, 15) is 4.79 Å². The third-order valence-electron chi connectivity index (χ3n) is 3.47. The van der Waals surface area contributed by atoms with Crippen molar-refractivity contribution in [2.45, 2.75) is 45.9 Å². The van der Waals surface area contributed by atoms with Crippen molar-refractivity contribution < 1.29 is 9.53 Å². The average molecular weight is 276 g/mol. The quantitative estimate of drug-likeness (QED) is 0.923. The van der Waals surface area contributed by atoms with Crippen molar-refractivity contribution in [3.05, 3.63) is 29.8 Å². The number of nitrogens with one attached hydrogen (secondary N) is 1. The van der Waals surface area contributed by atoms with Crippen molar-refractivity contribution in [1.82, 2.24) is 4.90 Å². The predicted molar refractivity (Wildman–Crippen MR) is 81.1 cm³/mol. The summed E-state index contributed by atoms with van der Waals surface area (Å²) in [4.78, 5) is 14.7. The van der Waals surface area contributed by atoms with Gasteiger partial charge in [-0.25, -0.2) is 0 Å². The van der Waals surface area contributed by atoms with Crippen molar-refractivity contribution in [3.8, 4) is 0 Å². The molecule has 1 aliphatic heterocycles. The van der Waals surface area contributed by atoms with Crippen LogP contribution in [-0.4, -0.2) is 42.1 Å². The Balaban J connectivity index is 2.24. The van der Waals surface area contributed by atoms with Crippen LogP contribution in [0.1, 0.15) is 38.1 Å². The van der Waals surface area contributed by atoms with E-state index >= 15 is 0 Å². The van der Waals surface area contributed by atoms with E-state index in [0.717, 1.165) is 11.3 Å². The lowest BCUT2D eigenvalue weighted by Gasteiger charge is -2.37. The first-order chi connectivity index (χ1) is 9.49. The Morgan fingerprint density at radius 3 is 2.75 bits per heavy atom. The number of anilines is 1. The molecule has 1 aromatic rings. The third kappa shape index (κ3) is 3.31. The molecule has 2 unspecified atom stereocenters. The summed E-state index contributed by atoms with van der Waals surface area (Å²) in [5, 5.41) is 3.34. The zero-order valence-electron chi connectivity index (χ0n) is 12.7. The second-order valence-corrected chi connectivity index (χ2v) is 5.80. The Kier molecular flexibility index (Phi) is 4.65. The van der Waals surface area contributed by atoms with Gasteiger partial charge in [0.2, 0.25) is 0 Å². The van der Waals surface area contributed by atoms with Crippen molar-refractivity contribution in [3.63, 3.8) is 0 Å². The van der Waals surface area contributed by atoms with Crippen LogP contribution in [0.4, 0.5) is 5.69 Å². The highest BCUT2D eigenvalue weighted by atomic mass is 16.5. The monoisotopic (exact) mass is 276 g/mol. The standard InChI is InChI=1S/C16H24N2O2/c1-11(2)17-15-8-6-5-7-14(15)16(19)18-9-13(4)20-10-12(18)3/h5-8,11-13,17H,9-10H2,1-4H3. The van der Waals surface area contributed by atoms with E-state index in [0.29, 0.717) is 19.2 Å². The fraction of sp³-hybridized carbons (Fsp3) is 0.562. The lowest BCUT2D eigenvalue weighted by Crippen LogP contribution is -2.50. The lowest BCUT2D eigenvalue weighted by atomic mass is 10.1. The first kappa shape index (κ1) is 14.9. The van der Waals surface area contributed by atoms with Crippen LogP contribution in [0.15, 0.2) is 24.3 Å². The van der Waals surface area contributed by atoms with Crippen LogP contribution in [0.25, 0.3) is 0 Å². The molecule has 1 saturated heterocycles. The largest absolute Gasteiger partial charge is 0.382 e. The Bertz CT molecular complexity index is 473. The Labute approximate surface area is 121 Å². The average Bonchev–Trinajstić information content (AvgIpc) is 2.41. The first-order valence-electron chi connectivity index (χ1n) is 7.27. The van der Waals surface area contributed by atoms with Crippen molar-refractivity contribution in [2.75, 3.05) is 18.5 Å². The number of benzene rings is 1. The summed E-state index contributed by atoms with van der Waals surface area (Å²) in [5.74, 6) is 0.0800. The maximum absolute atomic E-state index is 12.8. The number of hydrogen-bond acceptors (Lipinski definition) is 3. The van der Waals surface area contributed by atoms with Gasteiger partial charge in [-0.05, 0) is 39.8 Å². The molecular formula is C16H24N2O2. The molecule has 2 rings (SSSR count). The van der Waals surface area contributed by atoms with Gasteiger partial charge in [0, 0.05) is 18.3 Å². The van der Waals surface area contributed by atoms with Crippen LogP contribution in [0.5, 0.6) is 0 Å². The third-order valence-corrected chi connectivity index (χ3v) is 3.47. The Hall–Kier alpha value is -1.55. The molecule has 1 heterocycles. The molecule has 1 fully saturated rings. The number of carbonyl (C=O) groups is 1. The summed E-state index contributed by atoms with van der Waals surface area (Å²) in [6.07, 6.45) is 0.0976. The van der Waals surface area contributed by atoms with E-state index in [-0.39, 0.29) is 18.1 Å². The van der Waals surface area contributed by atoms with Crippen LogP contribution < -0.4 is 5.32 Å². The van der Waals surface area contributed by atoms with E-state index in [1.54, 1.807) is 0 Å². The van der Waals surface area contributed by atoms with Crippen LogP contribution in [0, 0.1) is 0 Å². The van der Waals surface area contributed by atoms with Gasteiger partial charge in [-0.1, -0.05) is 12.1 Å². The maximum atomic E-state index is 12.8. The van der Waals surface area contributed by atoms with Gasteiger partial charge >= 0.3 is 0 Å². The minimum atomic E-state index is 0.0800. The Morgan fingerprint density at radius 2 is 2.05 bits per heavy atom. The number of rotatable bonds is 3. The van der Waals surface area contributed by atoms with Crippen LogP contribution in [0.3, 0.4) is 0 Å². The topological polar surface area (TPSA) is 41.6 Å². The molecule has 4 nitrogen and oxygen atoms in total. The van der Waals surface area contributed by atoms with E-state index < -0.39 is 0 Å². The van der Waals surface area contributed by atoms with E-state index in [2.05, 4.69) is 19.2 Å². The van der Waals surface area contributed by atoms with Gasteiger partial charge in [-0.3, -0.25) is 4.79 Å². The molecule has 0 bridgehead atoms. The molecule has 4 heteroatoms. The lowest BCUT2D eigenvalue weighted by molar-refractivity contribution is -0.0386. The summed E-state index contributed by atoms with van der Waals surface area (Å²) in [5.41, 5.74) is 1.64. The molecular weight excluding hydrogens is 252 g/mol. The number of nitrogens with zero attached hydrogens (tertiary/aromatic N) is 1. The molecule has 20 heavy (non-hydrogen) atoms. The number of hydrogen-bond donors (Lipinski definition) is 1. The fourth-order valence-corrected chi connectivity index (χ4v) is 2.45. The molecule has 1 aromatic carbocycles. The molecule has 1 amide bonds. The van der Waals surface area contributed by atoms with Gasteiger partial charge in [-0.2, -0.15) is 0 Å². The molecule has 0 saturated carbocycles. The molecule has 0 aliphatic carbocycles. The molecule has 2 atom stereocenters. The number of carbonyl (C=O) groups excluding carboxylic acids is 1. The minimum absolute atomic E-state index is 0.0800. The second kappa shape index (κ2) is 6.27. The molecule has 0 spiro atoms. The van der Waals surface area contributed by atoms with Gasteiger partial charge in [0.05, 0.1) is 24.3 Å². The maximum Gasteiger partial charge on any atom is 0.256 e.